The summed E-state index contributed by atoms with van der Waals surface area (Å²) in [7, 11) is 0. The number of H-pyrrole nitrogens is 1. The second-order valence-corrected chi connectivity index (χ2v) is 9.16. The van der Waals surface area contributed by atoms with Crippen molar-refractivity contribution in [3.05, 3.63) is 107 Å². The number of imidazole rings is 1. The average Bonchev–Trinajstić information content (AvgIpc) is 3.66. The van der Waals surface area contributed by atoms with Gasteiger partial charge in [0, 0.05) is 27.9 Å². The van der Waals surface area contributed by atoms with Crippen LogP contribution in [0.15, 0.2) is 84.0 Å². The van der Waals surface area contributed by atoms with Crippen LogP contribution in [0.25, 0.3) is 11.3 Å². The topological polar surface area (TPSA) is 73.4 Å². The smallest absolute Gasteiger partial charge is 0.255 e. The second kappa shape index (κ2) is 9.31. The van der Waals surface area contributed by atoms with Crippen molar-refractivity contribution in [1.82, 2.24) is 14.9 Å². The first kappa shape index (κ1) is 21.5. The molecule has 2 N–H and O–H groups in total. The minimum Gasteiger partial charge on any atom is -0.341 e. The first-order valence-corrected chi connectivity index (χ1v) is 12.1. The monoisotopic (exact) mass is 461 g/mol. The summed E-state index contributed by atoms with van der Waals surface area (Å²) in [6.07, 6.45) is 4.47. The van der Waals surface area contributed by atoms with Gasteiger partial charge in [-0.3, -0.25) is 14.7 Å². The molecule has 3 aromatic carbocycles. The number of hydrogen-bond acceptors (Lipinski definition) is 4. The van der Waals surface area contributed by atoms with Crippen LogP contribution in [0.5, 0.6) is 0 Å². The number of anilines is 1. The molecule has 0 spiro atoms. The average molecular weight is 462 g/mol. The zero-order chi connectivity index (χ0) is 23.6. The summed E-state index contributed by atoms with van der Waals surface area (Å²) in [5.41, 5.74) is 7.67. The van der Waals surface area contributed by atoms with Crippen molar-refractivity contribution >= 4 is 17.3 Å². The van der Waals surface area contributed by atoms with E-state index in [0.29, 0.717) is 12.1 Å². The lowest BCUT2D eigenvalue weighted by Crippen LogP contribution is -2.19. The molecular formula is C29H27N5O. The fraction of sp³-hybridized carbons (Fsp3) is 0.207. The molecule has 1 fully saturated rings. The number of para-hydroxylation sites is 1. The van der Waals surface area contributed by atoms with E-state index in [4.69, 9.17) is 4.99 Å². The first-order valence-electron chi connectivity index (χ1n) is 12.1. The molecule has 0 unspecified atom stereocenters. The molecular weight excluding hydrogens is 434 g/mol. The van der Waals surface area contributed by atoms with Crippen molar-refractivity contribution < 1.29 is 4.79 Å². The molecule has 2 aliphatic heterocycles. The van der Waals surface area contributed by atoms with E-state index in [-0.39, 0.29) is 5.91 Å². The van der Waals surface area contributed by atoms with Crippen LogP contribution in [0.3, 0.4) is 0 Å². The van der Waals surface area contributed by atoms with Crippen molar-refractivity contribution in [3.63, 3.8) is 0 Å². The fourth-order valence-corrected chi connectivity index (χ4v) is 4.87. The van der Waals surface area contributed by atoms with E-state index in [0.717, 1.165) is 59.2 Å². The number of aromatic nitrogens is 2. The minimum atomic E-state index is -0.131. The number of aromatic amines is 1. The third-order valence-electron chi connectivity index (χ3n) is 6.71. The number of fused-ring (bicyclic) bond motifs is 1. The molecule has 6 heteroatoms. The highest BCUT2D eigenvalue weighted by atomic mass is 16.1. The van der Waals surface area contributed by atoms with Gasteiger partial charge in [0.15, 0.2) is 0 Å². The summed E-state index contributed by atoms with van der Waals surface area (Å²) >= 11 is 0. The largest absolute Gasteiger partial charge is 0.341 e. The number of hydrogen-bond donors (Lipinski definition) is 2. The van der Waals surface area contributed by atoms with E-state index in [2.05, 4.69) is 38.4 Å². The van der Waals surface area contributed by atoms with Gasteiger partial charge in [-0.2, -0.15) is 0 Å². The maximum atomic E-state index is 12.8. The van der Waals surface area contributed by atoms with Crippen molar-refractivity contribution in [2.45, 2.75) is 25.9 Å². The summed E-state index contributed by atoms with van der Waals surface area (Å²) in [4.78, 5) is 28.2. The van der Waals surface area contributed by atoms with E-state index >= 15 is 0 Å². The molecule has 6 nitrogen and oxygen atoms in total. The molecule has 1 saturated heterocycles. The van der Waals surface area contributed by atoms with Gasteiger partial charge in [0.25, 0.3) is 5.91 Å². The third kappa shape index (κ3) is 4.53. The van der Waals surface area contributed by atoms with Crippen LogP contribution in [0.4, 0.5) is 5.69 Å². The van der Waals surface area contributed by atoms with Crippen LogP contribution in [-0.4, -0.2) is 39.6 Å². The Labute approximate surface area is 204 Å². The number of nitrogens with zero attached hydrogens (tertiary/aromatic N) is 3. The highest BCUT2D eigenvalue weighted by Crippen LogP contribution is 2.29. The van der Waals surface area contributed by atoms with Crippen LogP contribution < -0.4 is 5.32 Å². The first-order chi connectivity index (χ1) is 17.2. The Morgan fingerprint density at radius 1 is 0.943 bits per heavy atom. The molecule has 6 rings (SSSR count). The Bertz CT molecular complexity index is 1400. The molecule has 0 aliphatic carbocycles. The number of nitrogens with one attached hydrogen (secondary N) is 2. The Morgan fingerprint density at radius 3 is 2.66 bits per heavy atom. The maximum absolute atomic E-state index is 12.8. The Kier molecular flexibility index (Phi) is 5.72. The van der Waals surface area contributed by atoms with Gasteiger partial charge in [-0.05, 0) is 61.8 Å². The van der Waals surface area contributed by atoms with Gasteiger partial charge < -0.3 is 10.3 Å². The molecule has 2 aliphatic rings. The van der Waals surface area contributed by atoms with Crippen LogP contribution in [0.1, 0.15) is 45.7 Å². The van der Waals surface area contributed by atoms with Gasteiger partial charge in [-0.1, -0.05) is 42.5 Å². The highest BCUT2D eigenvalue weighted by Gasteiger charge is 2.20. The molecule has 1 amide bonds. The van der Waals surface area contributed by atoms with Gasteiger partial charge in [0.1, 0.15) is 5.82 Å². The molecule has 3 heterocycles. The van der Waals surface area contributed by atoms with E-state index in [1.54, 1.807) is 0 Å². The van der Waals surface area contributed by atoms with Crippen LogP contribution in [0, 0.1) is 0 Å². The van der Waals surface area contributed by atoms with E-state index < -0.39 is 0 Å². The number of carbonyl (C=O) groups is 1. The number of amides is 1. The van der Waals surface area contributed by atoms with Crippen molar-refractivity contribution in [1.29, 1.82) is 0 Å². The lowest BCUT2D eigenvalue weighted by atomic mass is 9.96. The molecule has 0 radical (unpaired) electrons. The molecule has 0 atom stereocenters. The molecule has 0 bridgehead atoms. The lowest BCUT2D eigenvalue weighted by Gasteiger charge is -2.12. The lowest BCUT2D eigenvalue weighted by molar-refractivity contribution is 0.102. The number of rotatable bonds is 6. The van der Waals surface area contributed by atoms with Crippen molar-refractivity contribution in [3.8, 4) is 11.3 Å². The summed E-state index contributed by atoms with van der Waals surface area (Å²) in [6, 6.07) is 23.7. The molecule has 0 saturated carbocycles. The van der Waals surface area contributed by atoms with Crippen molar-refractivity contribution in [2.24, 2.45) is 4.99 Å². The number of likely N-dealkylation sites (tertiary alicyclic amines) is 1. The Hall–Kier alpha value is -4.03. The van der Waals surface area contributed by atoms with E-state index in [9.17, 15) is 4.79 Å². The predicted octanol–water partition coefficient (Wildman–Crippen LogP) is 5.28. The standard InChI is InChI=1S/C29H27N5O/c35-29(32-24-9-2-1-3-10-24)22-8-6-7-21(15-22)28-25-16-20(11-12-23(25)17-31-28)26-18-30-27(33-26)19-34-13-4-5-14-34/h1-3,6-12,15-16,18H,4-5,13-14,17,19H2,(H,30,33)(H,32,35). The number of carbonyl (C=O) groups excluding carboxylic acids is 1. The molecule has 4 aromatic rings. The Balaban J connectivity index is 1.24. The van der Waals surface area contributed by atoms with Gasteiger partial charge in [-0.15, -0.1) is 0 Å². The third-order valence-corrected chi connectivity index (χ3v) is 6.71. The number of benzene rings is 3. The zero-order valence-corrected chi connectivity index (χ0v) is 19.5. The van der Waals surface area contributed by atoms with Crippen molar-refractivity contribution in [2.75, 3.05) is 18.4 Å². The van der Waals surface area contributed by atoms with E-state index in [1.807, 2.05) is 60.8 Å². The predicted molar refractivity (Wildman–Crippen MR) is 139 cm³/mol. The van der Waals surface area contributed by atoms with Gasteiger partial charge in [-0.25, -0.2) is 4.98 Å². The van der Waals surface area contributed by atoms with E-state index in [1.165, 1.54) is 18.4 Å². The van der Waals surface area contributed by atoms with Crippen LogP contribution in [0.2, 0.25) is 0 Å². The molecule has 35 heavy (non-hydrogen) atoms. The number of aliphatic imine (C=N–C) groups is 1. The van der Waals surface area contributed by atoms with Crippen LogP contribution in [-0.2, 0) is 13.1 Å². The maximum Gasteiger partial charge on any atom is 0.255 e. The van der Waals surface area contributed by atoms with Gasteiger partial charge in [0.05, 0.1) is 30.7 Å². The normalized spacial score (nSPS) is 15.1. The van der Waals surface area contributed by atoms with Crippen LogP contribution >= 0.6 is 0 Å². The zero-order valence-electron chi connectivity index (χ0n) is 19.5. The minimum absolute atomic E-state index is 0.131. The van der Waals surface area contributed by atoms with Gasteiger partial charge >= 0.3 is 0 Å². The second-order valence-electron chi connectivity index (χ2n) is 9.16. The highest BCUT2D eigenvalue weighted by molar-refractivity contribution is 6.16. The summed E-state index contributed by atoms with van der Waals surface area (Å²) in [5.74, 6) is 0.877. The molecule has 174 valence electrons. The molecule has 1 aromatic heterocycles. The fourth-order valence-electron chi connectivity index (χ4n) is 4.87. The SMILES string of the molecule is O=C(Nc1ccccc1)c1cccc(C2=NCc3ccc(-c4cnc(CN5CCCC5)[nH]4)cc32)c1. The summed E-state index contributed by atoms with van der Waals surface area (Å²) < 4.78 is 0. The quantitative estimate of drug-likeness (QED) is 0.411. The van der Waals surface area contributed by atoms with Gasteiger partial charge in [0.2, 0.25) is 0 Å². The summed E-state index contributed by atoms with van der Waals surface area (Å²) in [6.45, 7) is 3.82. The Morgan fingerprint density at radius 2 is 1.80 bits per heavy atom. The summed E-state index contributed by atoms with van der Waals surface area (Å²) in [5, 5.41) is 2.96.